The lowest BCUT2D eigenvalue weighted by atomic mass is 9.99. The highest BCUT2D eigenvalue weighted by Crippen LogP contribution is 2.24. The minimum Gasteiger partial charge on any atom is -0.481 e. The second kappa shape index (κ2) is 11.3. The van der Waals surface area contributed by atoms with E-state index in [1.165, 1.54) is 12.1 Å². The van der Waals surface area contributed by atoms with Crippen LogP contribution in [0.15, 0.2) is 53.4 Å². The summed E-state index contributed by atoms with van der Waals surface area (Å²) in [7, 11) is -3.67. The van der Waals surface area contributed by atoms with Gasteiger partial charge in [0.25, 0.3) is 0 Å². The fraction of sp³-hybridized carbons (Fsp3) is 0.409. The molecule has 2 aromatic carbocycles. The number of aliphatic carboxylic acids is 1. The maximum absolute atomic E-state index is 12.8. The van der Waals surface area contributed by atoms with E-state index in [9.17, 15) is 13.2 Å². The van der Waals surface area contributed by atoms with Gasteiger partial charge in [0.1, 0.15) is 0 Å². The van der Waals surface area contributed by atoms with E-state index in [0.29, 0.717) is 17.9 Å². The molecule has 1 atom stereocenters. The van der Waals surface area contributed by atoms with Gasteiger partial charge in [0, 0.05) is 17.5 Å². The third kappa shape index (κ3) is 8.17. The molecule has 0 aliphatic carbocycles. The minimum atomic E-state index is -3.67. The highest BCUT2D eigenvalue weighted by molar-refractivity contribution is 7.89. The summed E-state index contributed by atoms with van der Waals surface area (Å²) in [5.41, 5.74) is 2.05. The molecule has 0 fully saturated rings. The molecule has 2 rings (SSSR count). The van der Waals surface area contributed by atoms with Crippen LogP contribution in [0, 0.1) is 6.92 Å². The summed E-state index contributed by atoms with van der Waals surface area (Å²) < 4.78 is 28.5. The summed E-state index contributed by atoms with van der Waals surface area (Å²) in [5.74, 6) is -0.763. The Hall–Kier alpha value is -1.89. The number of unbranched alkanes of at least 4 members (excludes halogenated alkanes) is 4. The molecule has 0 aromatic heterocycles. The Morgan fingerprint density at radius 1 is 0.966 bits per heavy atom. The summed E-state index contributed by atoms with van der Waals surface area (Å²) >= 11 is 5.87. The highest BCUT2D eigenvalue weighted by Gasteiger charge is 2.21. The van der Waals surface area contributed by atoms with E-state index in [1.54, 1.807) is 12.1 Å². The molecule has 0 aliphatic rings. The van der Waals surface area contributed by atoms with Crippen molar-refractivity contribution in [2.24, 2.45) is 0 Å². The van der Waals surface area contributed by atoms with E-state index in [1.807, 2.05) is 31.2 Å². The van der Waals surface area contributed by atoms with Crippen molar-refractivity contribution in [3.8, 4) is 0 Å². The Labute approximate surface area is 178 Å². The SMILES string of the molecule is Cc1ccc(C(CCCCCCCC(=O)O)NS(=O)(=O)c2ccc(Cl)cc2)cc1. The summed E-state index contributed by atoms with van der Waals surface area (Å²) in [6.07, 6.45) is 5.16. The molecule has 0 saturated carbocycles. The zero-order chi connectivity index (χ0) is 21.3. The van der Waals surface area contributed by atoms with Crippen LogP contribution in [0.4, 0.5) is 0 Å². The lowest BCUT2D eigenvalue weighted by Crippen LogP contribution is -2.28. The number of rotatable bonds is 12. The molecule has 29 heavy (non-hydrogen) atoms. The standard InChI is InChI=1S/C22H28ClNO4S/c1-17-9-11-18(12-10-17)21(7-5-3-2-4-6-8-22(25)26)24-29(27,28)20-15-13-19(23)14-16-20/h9-16,21,24H,2-8H2,1H3,(H,25,26). The van der Waals surface area contributed by atoms with Gasteiger partial charge in [-0.15, -0.1) is 0 Å². The third-order valence-corrected chi connectivity index (χ3v) is 6.52. The number of hydrogen-bond acceptors (Lipinski definition) is 3. The van der Waals surface area contributed by atoms with Crippen LogP contribution in [-0.2, 0) is 14.8 Å². The fourth-order valence-electron chi connectivity index (χ4n) is 3.12. The van der Waals surface area contributed by atoms with Crippen molar-refractivity contribution in [2.75, 3.05) is 0 Å². The molecule has 158 valence electrons. The van der Waals surface area contributed by atoms with Crippen molar-refractivity contribution in [1.82, 2.24) is 4.72 Å². The summed E-state index contributed by atoms with van der Waals surface area (Å²) in [4.78, 5) is 10.7. The van der Waals surface area contributed by atoms with E-state index in [4.69, 9.17) is 16.7 Å². The smallest absolute Gasteiger partial charge is 0.303 e. The van der Waals surface area contributed by atoms with Gasteiger partial charge in [-0.3, -0.25) is 4.79 Å². The molecule has 2 aromatic rings. The van der Waals surface area contributed by atoms with Crippen molar-refractivity contribution >= 4 is 27.6 Å². The third-order valence-electron chi connectivity index (χ3n) is 4.78. The van der Waals surface area contributed by atoms with Gasteiger partial charge < -0.3 is 5.11 Å². The van der Waals surface area contributed by atoms with Gasteiger partial charge in [-0.05, 0) is 49.6 Å². The predicted molar refractivity (Wildman–Crippen MR) is 116 cm³/mol. The molecular formula is C22H28ClNO4S. The van der Waals surface area contributed by atoms with Gasteiger partial charge in [-0.2, -0.15) is 0 Å². The number of aryl methyl sites for hydroxylation is 1. The van der Waals surface area contributed by atoms with Crippen LogP contribution in [0.1, 0.15) is 62.1 Å². The van der Waals surface area contributed by atoms with Gasteiger partial charge in [0.05, 0.1) is 4.90 Å². The molecule has 0 saturated heterocycles. The molecule has 2 N–H and O–H groups in total. The lowest BCUT2D eigenvalue weighted by molar-refractivity contribution is -0.137. The molecule has 0 spiro atoms. The Bertz CT molecular complexity index is 880. The average Bonchev–Trinajstić information content (AvgIpc) is 2.67. The van der Waals surface area contributed by atoms with Crippen molar-refractivity contribution in [2.45, 2.75) is 62.8 Å². The van der Waals surface area contributed by atoms with E-state index in [0.717, 1.165) is 36.8 Å². The highest BCUT2D eigenvalue weighted by atomic mass is 35.5. The number of sulfonamides is 1. The zero-order valence-corrected chi connectivity index (χ0v) is 18.2. The van der Waals surface area contributed by atoms with Crippen molar-refractivity contribution < 1.29 is 18.3 Å². The van der Waals surface area contributed by atoms with E-state index in [2.05, 4.69) is 4.72 Å². The quantitative estimate of drug-likeness (QED) is 0.430. The van der Waals surface area contributed by atoms with E-state index >= 15 is 0 Å². The fourth-order valence-corrected chi connectivity index (χ4v) is 4.50. The van der Waals surface area contributed by atoms with Crippen LogP contribution in [-0.4, -0.2) is 19.5 Å². The zero-order valence-electron chi connectivity index (χ0n) is 16.6. The first-order chi connectivity index (χ1) is 13.8. The monoisotopic (exact) mass is 437 g/mol. The minimum absolute atomic E-state index is 0.188. The number of carbonyl (C=O) groups is 1. The van der Waals surface area contributed by atoms with Gasteiger partial charge in [-0.25, -0.2) is 13.1 Å². The van der Waals surface area contributed by atoms with Gasteiger partial charge >= 0.3 is 5.97 Å². The maximum Gasteiger partial charge on any atom is 0.303 e. The van der Waals surface area contributed by atoms with Crippen LogP contribution in [0.3, 0.4) is 0 Å². The Balaban J connectivity index is 2.01. The molecule has 7 heteroatoms. The molecule has 0 aliphatic heterocycles. The number of hydrogen-bond donors (Lipinski definition) is 2. The molecule has 1 unspecified atom stereocenters. The second-order valence-corrected chi connectivity index (χ2v) is 9.39. The Morgan fingerprint density at radius 2 is 1.55 bits per heavy atom. The number of carboxylic acid groups (broad SMARTS) is 1. The summed E-state index contributed by atoms with van der Waals surface area (Å²) in [6, 6.07) is 13.7. The van der Waals surface area contributed by atoms with Crippen LogP contribution < -0.4 is 4.72 Å². The number of benzene rings is 2. The molecule has 0 bridgehead atoms. The Kier molecular flexibility index (Phi) is 9.14. The first-order valence-corrected chi connectivity index (χ1v) is 11.7. The van der Waals surface area contributed by atoms with Crippen LogP contribution >= 0.6 is 11.6 Å². The Morgan fingerprint density at radius 3 is 2.17 bits per heavy atom. The van der Waals surface area contributed by atoms with Crippen molar-refractivity contribution in [3.05, 3.63) is 64.7 Å². The van der Waals surface area contributed by atoms with Crippen molar-refractivity contribution in [1.29, 1.82) is 0 Å². The van der Waals surface area contributed by atoms with Gasteiger partial charge in [0.15, 0.2) is 0 Å². The molecule has 5 nitrogen and oxygen atoms in total. The van der Waals surface area contributed by atoms with E-state index in [-0.39, 0.29) is 17.4 Å². The first-order valence-electron chi connectivity index (χ1n) is 9.84. The largest absolute Gasteiger partial charge is 0.481 e. The molecule has 0 heterocycles. The molecule has 0 amide bonds. The number of carboxylic acids is 1. The molecule has 0 radical (unpaired) electrons. The van der Waals surface area contributed by atoms with Crippen LogP contribution in [0.25, 0.3) is 0 Å². The van der Waals surface area contributed by atoms with Gasteiger partial charge in [-0.1, -0.05) is 67.1 Å². The summed E-state index contributed by atoms with van der Waals surface area (Å²) in [5, 5.41) is 9.17. The predicted octanol–water partition coefficient (Wildman–Crippen LogP) is 5.48. The topological polar surface area (TPSA) is 83.5 Å². The number of nitrogens with one attached hydrogen (secondary N) is 1. The van der Waals surface area contributed by atoms with Crippen molar-refractivity contribution in [3.63, 3.8) is 0 Å². The second-order valence-electron chi connectivity index (χ2n) is 7.24. The summed E-state index contributed by atoms with van der Waals surface area (Å²) in [6.45, 7) is 1.99. The average molecular weight is 438 g/mol. The lowest BCUT2D eigenvalue weighted by Gasteiger charge is -2.20. The molecular weight excluding hydrogens is 410 g/mol. The van der Waals surface area contributed by atoms with Crippen LogP contribution in [0.5, 0.6) is 0 Å². The first kappa shape index (κ1) is 23.4. The normalized spacial score (nSPS) is 12.6. The maximum atomic E-state index is 12.8. The number of halogens is 1. The van der Waals surface area contributed by atoms with Crippen LogP contribution in [0.2, 0.25) is 5.02 Å². The van der Waals surface area contributed by atoms with E-state index < -0.39 is 16.0 Å². The van der Waals surface area contributed by atoms with Gasteiger partial charge in [0.2, 0.25) is 10.0 Å².